The Morgan fingerprint density at radius 1 is 1.57 bits per heavy atom. The van der Waals surface area contributed by atoms with E-state index in [9.17, 15) is 0 Å². The van der Waals surface area contributed by atoms with Crippen molar-refractivity contribution in [3.8, 4) is 0 Å². The minimum Gasteiger partial charge on any atom is -0.330 e. The zero-order chi connectivity index (χ0) is 9.80. The van der Waals surface area contributed by atoms with Gasteiger partial charge in [0.05, 0.1) is 11.7 Å². The summed E-state index contributed by atoms with van der Waals surface area (Å²) in [5, 5.41) is 6.89. The lowest BCUT2D eigenvalue weighted by molar-refractivity contribution is 0.410. The van der Waals surface area contributed by atoms with Crippen LogP contribution in [-0.4, -0.2) is 18.1 Å². The summed E-state index contributed by atoms with van der Waals surface area (Å²) in [5.74, 6) is 0. The molecule has 0 aliphatic carbocycles. The molecule has 0 spiro atoms. The van der Waals surface area contributed by atoms with Crippen molar-refractivity contribution >= 4 is 11.3 Å². The van der Waals surface area contributed by atoms with Gasteiger partial charge in [-0.3, -0.25) is 0 Å². The van der Waals surface area contributed by atoms with Crippen LogP contribution in [0.25, 0.3) is 0 Å². The highest BCUT2D eigenvalue weighted by molar-refractivity contribution is 7.09. The molecular weight excluding hydrogens is 194 g/mol. The zero-order valence-electron chi connectivity index (χ0n) is 8.33. The van der Waals surface area contributed by atoms with Gasteiger partial charge in [0.1, 0.15) is 5.01 Å². The molecule has 14 heavy (non-hydrogen) atoms. The first-order valence-electron chi connectivity index (χ1n) is 5.28. The summed E-state index contributed by atoms with van der Waals surface area (Å²) in [7, 11) is 0. The third-order valence-corrected chi connectivity index (χ3v) is 3.59. The summed E-state index contributed by atoms with van der Waals surface area (Å²) in [6.07, 6.45) is 4.76. The number of hydrogen-bond acceptors (Lipinski definition) is 4. The Morgan fingerprint density at radius 3 is 3.21 bits per heavy atom. The van der Waals surface area contributed by atoms with Crippen molar-refractivity contribution in [3.63, 3.8) is 0 Å². The van der Waals surface area contributed by atoms with Crippen LogP contribution in [0.1, 0.15) is 36.0 Å². The van der Waals surface area contributed by atoms with E-state index in [-0.39, 0.29) is 0 Å². The van der Waals surface area contributed by atoms with Crippen LogP contribution in [0.2, 0.25) is 0 Å². The van der Waals surface area contributed by atoms with Crippen LogP contribution in [0.5, 0.6) is 0 Å². The van der Waals surface area contributed by atoms with E-state index in [0.29, 0.717) is 12.6 Å². The number of rotatable bonds is 3. The van der Waals surface area contributed by atoms with E-state index >= 15 is 0 Å². The van der Waals surface area contributed by atoms with E-state index in [2.05, 4.69) is 15.7 Å². The Balaban J connectivity index is 2.00. The monoisotopic (exact) mass is 211 g/mol. The Hall–Kier alpha value is -0.450. The van der Waals surface area contributed by atoms with E-state index in [0.717, 1.165) is 18.7 Å². The number of nitrogens with one attached hydrogen (secondary N) is 1. The molecular formula is C10H17N3S. The molecule has 1 aliphatic rings. The predicted molar refractivity (Wildman–Crippen MR) is 59.5 cm³/mol. The van der Waals surface area contributed by atoms with E-state index in [1.807, 2.05) is 0 Å². The smallest absolute Gasteiger partial charge is 0.110 e. The molecule has 0 amide bonds. The molecule has 1 aliphatic heterocycles. The largest absolute Gasteiger partial charge is 0.330 e. The van der Waals surface area contributed by atoms with Gasteiger partial charge < -0.3 is 11.1 Å². The molecule has 1 atom stereocenters. The molecule has 1 saturated heterocycles. The molecule has 2 rings (SSSR count). The van der Waals surface area contributed by atoms with Gasteiger partial charge in [-0.05, 0) is 25.9 Å². The maximum Gasteiger partial charge on any atom is 0.110 e. The number of thiazole rings is 1. The lowest BCUT2D eigenvalue weighted by Gasteiger charge is -2.21. The van der Waals surface area contributed by atoms with Gasteiger partial charge in [0.15, 0.2) is 0 Å². The maximum absolute atomic E-state index is 5.50. The summed E-state index contributed by atoms with van der Waals surface area (Å²) >= 11 is 1.77. The van der Waals surface area contributed by atoms with Crippen molar-refractivity contribution < 1.29 is 0 Å². The fourth-order valence-corrected chi connectivity index (χ4v) is 2.77. The Labute approximate surface area is 88.7 Å². The van der Waals surface area contributed by atoms with Gasteiger partial charge in [-0.15, -0.1) is 11.3 Å². The van der Waals surface area contributed by atoms with Crippen molar-refractivity contribution in [2.75, 3.05) is 13.1 Å². The topological polar surface area (TPSA) is 50.9 Å². The highest BCUT2D eigenvalue weighted by atomic mass is 32.1. The summed E-state index contributed by atoms with van der Waals surface area (Å²) < 4.78 is 0. The molecule has 2 heterocycles. The van der Waals surface area contributed by atoms with Gasteiger partial charge in [-0.2, -0.15) is 0 Å². The van der Waals surface area contributed by atoms with Crippen LogP contribution in [0.3, 0.4) is 0 Å². The highest BCUT2D eigenvalue weighted by Crippen LogP contribution is 2.25. The number of hydrogen-bond donors (Lipinski definition) is 2. The quantitative estimate of drug-likeness (QED) is 0.796. The van der Waals surface area contributed by atoms with Crippen LogP contribution in [0.4, 0.5) is 0 Å². The summed E-state index contributed by atoms with van der Waals surface area (Å²) in [6.45, 7) is 1.83. The molecule has 1 aromatic heterocycles. The normalized spacial score (nSPS) is 22.5. The first kappa shape index (κ1) is 10.1. The average Bonchev–Trinajstić information content (AvgIpc) is 2.68. The Kier molecular flexibility index (Phi) is 3.50. The van der Waals surface area contributed by atoms with E-state index in [4.69, 9.17) is 5.73 Å². The second-order valence-electron chi connectivity index (χ2n) is 3.72. The molecule has 1 aromatic rings. The Morgan fingerprint density at radius 2 is 2.50 bits per heavy atom. The Bertz CT molecular complexity index is 279. The van der Waals surface area contributed by atoms with Crippen LogP contribution < -0.4 is 11.1 Å². The van der Waals surface area contributed by atoms with Gasteiger partial charge in [-0.1, -0.05) is 6.42 Å². The summed E-state index contributed by atoms with van der Waals surface area (Å²) in [6, 6.07) is 0.500. The van der Waals surface area contributed by atoms with Crippen molar-refractivity contribution in [2.45, 2.75) is 31.7 Å². The first-order chi connectivity index (χ1) is 6.90. The second-order valence-corrected chi connectivity index (χ2v) is 4.61. The van der Waals surface area contributed by atoms with Crippen molar-refractivity contribution in [1.29, 1.82) is 0 Å². The molecule has 1 fully saturated rings. The van der Waals surface area contributed by atoms with E-state index < -0.39 is 0 Å². The molecule has 0 aromatic carbocycles. The number of aromatic nitrogens is 1. The maximum atomic E-state index is 5.50. The van der Waals surface area contributed by atoms with Crippen LogP contribution >= 0.6 is 11.3 Å². The number of piperidine rings is 1. The molecule has 3 nitrogen and oxygen atoms in total. The first-order valence-corrected chi connectivity index (χ1v) is 6.16. The van der Waals surface area contributed by atoms with Gasteiger partial charge in [0.25, 0.3) is 0 Å². The highest BCUT2D eigenvalue weighted by Gasteiger charge is 2.17. The zero-order valence-corrected chi connectivity index (χ0v) is 9.15. The number of nitrogens with zero attached hydrogens (tertiary/aromatic N) is 1. The second kappa shape index (κ2) is 4.87. The van der Waals surface area contributed by atoms with Gasteiger partial charge in [-0.25, -0.2) is 4.98 Å². The molecule has 3 N–H and O–H groups in total. The SMILES string of the molecule is NCCc1csc(C2CCCCN2)n1. The van der Waals surface area contributed by atoms with Gasteiger partial charge >= 0.3 is 0 Å². The summed E-state index contributed by atoms with van der Waals surface area (Å²) in [4.78, 5) is 4.60. The van der Waals surface area contributed by atoms with Gasteiger partial charge in [0.2, 0.25) is 0 Å². The number of nitrogens with two attached hydrogens (primary N) is 1. The average molecular weight is 211 g/mol. The summed E-state index contributed by atoms with van der Waals surface area (Å²) in [5.41, 5.74) is 6.65. The lowest BCUT2D eigenvalue weighted by atomic mass is 10.1. The van der Waals surface area contributed by atoms with Crippen LogP contribution in [-0.2, 0) is 6.42 Å². The third kappa shape index (κ3) is 2.32. The fraction of sp³-hybridized carbons (Fsp3) is 0.700. The fourth-order valence-electron chi connectivity index (χ4n) is 1.81. The molecule has 0 saturated carbocycles. The standard InChI is InChI=1S/C10H17N3S/c11-5-4-8-7-14-10(13-8)9-3-1-2-6-12-9/h7,9,12H,1-6,11H2. The van der Waals surface area contributed by atoms with E-state index in [1.165, 1.54) is 24.3 Å². The lowest BCUT2D eigenvalue weighted by Crippen LogP contribution is -2.26. The van der Waals surface area contributed by atoms with Crippen molar-refractivity contribution in [1.82, 2.24) is 10.3 Å². The minimum atomic E-state index is 0.500. The predicted octanol–water partition coefficient (Wildman–Crippen LogP) is 1.46. The van der Waals surface area contributed by atoms with Crippen LogP contribution in [0.15, 0.2) is 5.38 Å². The minimum absolute atomic E-state index is 0.500. The molecule has 0 bridgehead atoms. The van der Waals surface area contributed by atoms with E-state index in [1.54, 1.807) is 11.3 Å². The van der Waals surface area contributed by atoms with Crippen molar-refractivity contribution in [2.24, 2.45) is 5.73 Å². The third-order valence-electron chi connectivity index (χ3n) is 2.58. The molecule has 0 radical (unpaired) electrons. The molecule has 4 heteroatoms. The van der Waals surface area contributed by atoms with Crippen molar-refractivity contribution in [3.05, 3.63) is 16.1 Å². The molecule has 1 unspecified atom stereocenters. The molecule has 78 valence electrons. The van der Waals surface area contributed by atoms with Crippen LogP contribution in [0, 0.1) is 0 Å². The van der Waals surface area contributed by atoms with Gasteiger partial charge in [0, 0.05) is 11.8 Å².